The van der Waals surface area contributed by atoms with Crippen molar-refractivity contribution in [3.63, 3.8) is 0 Å². The van der Waals surface area contributed by atoms with Crippen molar-refractivity contribution >= 4 is 44.7 Å². The van der Waals surface area contributed by atoms with Crippen molar-refractivity contribution in [3.8, 4) is 5.69 Å². The number of nitro benzene ring substituents is 1. The number of nitrogens with one attached hydrogen (secondary N) is 1. The number of hydrogen-bond acceptors (Lipinski definition) is 8. The molecule has 0 saturated carbocycles. The van der Waals surface area contributed by atoms with Gasteiger partial charge in [0, 0.05) is 28.0 Å². The van der Waals surface area contributed by atoms with Crippen molar-refractivity contribution in [1.29, 1.82) is 0 Å². The summed E-state index contributed by atoms with van der Waals surface area (Å²) in [5.74, 6) is -2.27. The van der Waals surface area contributed by atoms with Crippen LogP contribution in [0.15, 0.2) is 52.6 Å². The van der Waals surface area contributed by atoms with Gasteiger partial charge in [0.15, 0.2) is 5.69 Å². The molecule has 4 aromatic rings. The van der Waals surface area contributed by atoms with Gasteiger partial charge in [0.05, 0.1) is 16.9 Å². The van der Waals surface area contributed by atoms with Gasteiger partial charge in [0.2, 0.25) is 0 Å². The smallest absolute Gasteiger partial charge is 0.359 e. The van der Waals surface area contributed by atoms with Crippen LogP contribution in [-0.2, 0) is 4.74 Å². The average molecular weight is 496 g/mol. The molecule has 0 aliphatic carbocycles. The van der Waals surface area contributed by atoms with Crippen LogP contribution in [0.2, 0.25) is 0 Å². The Bertz CT molecular complexity index is 1560. The molecule has 10 nitrogen and oxygen atoms in total. The first-order chi connectivity index (χ1) is 16.7. The topological polar surface area (TPSA) is 133 Å². The van der Waals surface area contributed by atoms with E-state index in [1.807, 2.05) is 0 Å². The molecule has 0 aliphatic rings. The van der Waals surface area contributed by atoms with Crippen molar-refractivity contribution in [1.82, 2.24) is 9.78 Å². The predicted molar refractivity (Wildman–Crippen MR) is 127 cm³/mol. The summed E-state index contributed by atoms with van der Waals surface area (Å²) in [5.41, 5.74) is -1.24. The molecule has 2 aromatic heterocycles. The molecule has 2 aromatic carbocycles. The molecular formula is C23H17FN4O6S. The number of nitro groups is 1. The number of thiophene rings is 1. The number of halogens is 1. The Morgan fingerprint density at radius 3 is 2.66 bits per heavy atom. The van der Waals surface area contributed by atoms with E-state index in [1.165, 1.54) is 48.7 Å². The third kappa shape index (κ3) is 4.26. The number of nitrogens with zero attached hydrogens (tertiary/aromatic N) is 3. The van der Waals surface area contributed by atoms with E-state index in [2.05, 4.69) is 10.4 Å². The quantitative estimate of drug-likeness (QED) is 0.240. The van der Waals surface area contributed by atoms with Gasteiger partial charge in [0.1, 0.15) is 16.5 Å². The summed E-state index contributed by atoms with van der Waals surface area (Å²) >= 11 is 0.953. The second kappa shape index (κ2) is 9.43. The van der Waals surface area contributed by atoms with E-state index < -0.39 is 28.2 Å². The minimum Gasteiger partial charge on any atom is -0.461 e. The van der Waals surface area contributed by atoms with Crippen LogP contribution in [0.4, 0.5) is 15.1 Å². The fraction of sp³-hybridized carbons (Fsp3) is 0.130. The Hall–Kier alpha value is -4.45. The molecule has 0 saturated heterocycles. The Labute approximate surface area is 200 Å². The monoisotopic (exact) mass is 496 g/mol. The second-order valence-corrected chi connectivity index (χ2v) is 8.13. The lowest BCUT2D eigenvalue weighted by Gasteiger charge is -2.11. The van der Waals surface area contributed by atoms with Gasteiger partial charge in [-0.25, -0.2) is 9.18 Å². The largest absolute Gasteiger partial charge is 0.461 e. The molecule has 35 heavy (non-hydrogen) atoms. The molecule has 4 rings (SSSR count). The summed E-state index contributed by atoms with van der Waals surface area (Å²) in [4.78, 5) is 49.6. The summed E-state index contributed by atoms with van der Waals surface area (Å²) in [6.07, 6.45) is 0. The van der Waals surface area contributed by atoms with Crippen LogP contribution in [0.25, 0.3) is 16.5 Å². The van der Waals surface area contributed by atoms with Gasteiger partial charge in [-0.05, 0) is 32.0 Å². The maximum atomic E-state index is 14.5. The van der Waals surface area contributed by atoms with E-state index in [9.17, 15) is 28.9 Å². The summed E-state index contributed by atoms with van der Waals surface area (Å²) in [6.45, 7) is 3.08. The number of fused-ring (bicyclic) bond motifs is 1. The van der Waals surface area contributed by atoms with Crippen molar-refractivity contribution < 1.29 is 23.6 Å². The number of anilines is 1. The lowest BCUT2D eigenvalue weighted by Crippen LogP contribution is -2.26. The second-order valence-electron chi connectivity index (χ2n) is 7.25. The fourth-order valence-corrected chi connectivity index (χ4v) is 4.45. The number of rotatable bonds is 6. The molecule has 178 valence electrons. The summed E-state index contributed by atoms with van der Waals surface area (Å²) < 4.78 is 20.3. The van der Waals surface area contributed by atoms with Gasteiger partial charge in [0.25, 0.3) is 17.2 Å². The number of para-hydroxylation sites is 1. The number of benzene rings is 2. The first-order valence-corrected chi connectivity index (χ1v) is 11.1. The highest BCUT2D eigenvalue weighted by molar-refractivity contribution is 7.16. The number of hydrogen-bond donors (Lipinski definition) is 1. The highest BCUT2D eigenvalue weighted by Crippen LogP contribution is 2.32. The molecule has 0 aliphatic heterocycles. The van der Waals surface area contributed by atoms with Crippen LogP contribution in [0.1, 0.15) is 33.3 Å². The maximum absolute atomic E-state index is 14.5. The molecule has 0 spiro atoms. The van der Waals surface area contributed by atoms with Crippen LogP contribution in [0.5, 0.6) is 0 Å². The number of amides is 1. The molecular weight excluding hydrogens is 479 g/mol. The van der Waals surface area contributed by atoms with Gasteiger partial charge in [-0.1, -0.05) is 18.2 Å². The van der Waals surface area contributed by atoms with E-state index in [1.54, 1.807) is 6.92 Å². The molecule has 0 fully saturated rings. The molecule has 0 bridgehead atoms. The van der Waals surface area contributed by atoms with Crippen LogP contribution in [0, 0.1) is 22.9 Å². The summed E-state index contributed by atoms with van der Waals surface area (Å²) in [7, 11) is 0. The highest BCUT2D eigenvalue weighted by Gasteiger charge is 2.25. The Morgan fingerprint density at radius 1 is 1.23 bits per heavy atom. The predicted octanol–water partition coefficient (Wildman–Crippen LogP) is 4.23. The molecule has 2 heterocycles. The zero-order chi connectivity index (χ0) is 25.3. The Morgan fingerprint density at radius 2 is 1.97 bits per heavy atom. The number of carbonyl (C=O) groups is 2. The van der Waals surface area contributed by atoms with Crippen LogP contribution >= 0.6 is 11.3 Å². The standard InChI is InChI=1S/C23H17FN4O6S/c1-3-34-23(31)19-14-11-35-21(25-20(29)13-7-6-10-16(12(13)2)28(32)33)18(14)22(30)27(26-19)17-9-5-4-8-15(17)24/h4-11H,3H2,1-2H3,(H,25,29). The van der Waals surface area contributed by atoms with E-state index in [-0.39, 0.29) is 50.6 Å². The Kier molecular flexibility index (Phi) is 6.38. The lowest BCUT2D eigenvalue weighted by molar-refractivity contribution is -0.385. The van der Waals surface area contributed by atoms with Crippen molar-refractivity contribution in [2.24, 2.45) is 0 Å². The minimum absolute atomic E-state index is 0.0369. The zero-order valence-electron chi connectivity index (χ0n) is 18.4. The minimum atomic E-state index is -0.826. The Balaban J connectivity index is 1.89. The summed E-state index contributed by atoms with van der Waals surface area (Å²) in [5, 5.41) is 19.5. The lowest BCUT2D eigenvalue weighted by atomic mass is 10.1. The van der Waals surface area contributed by atoms with Gasteiger partial charge in [-0.15, -0.1) is 11.3 Å². The number of ether oxygens (including phenoxy) is 1. The maximum Gasteiger partial charge on any atom is 0.359 e. The molecule has 0 radical (unpaired) electrons. The van der Waals surface area contributed by atoms with Crippen molar-refractivity contribution in [2.45, 2.75) is 13.8 Å². The molecule has 1 N–H and O–H groups in total. The molecule has 0 unspecified atom stereocenters. The number of esters is 1. The van der Waals surface area contributed by atoms with Gasteiger partial charge in [-0.2, -0.15) is 9.78 Å². The fourth-order valence-electron chi connectivity index (χ4n) is 3.52. The van der Waals surface area contributed by atoms with Crippen LogP contribution in [-0.4, -0.2) is 33.2 Å². The molecule has 12 heteroatoms. The third-order valence-electron chi connectivity index (χ3n) is 5.18. The van der Waals surface area contributed by atoms with Gasteiger partial charge in [-0.3, -0.25) is 19.7 Å². The van der Waals surface area contributed by atoms with Crippen molar-refractivity contribution in [3.05, 3.63) is 91.0 Å². The van der Waals surface area contributed by atoms with Crippen LogP contribution in [0.3, 0.4) is 0 Å². The van der Waals surface area contributed by atoms with Crippen molar-refractivity contribution in [2.75, 3.05) is 11.9 Å². The molecule has 0 atom stereocenters. The summed E-state index contributed by atoms with van der Waals surface area (Å²) in [6, 6.07) is 9.46. The van der Waals surface area contributed by atoms with E-state index in [0.717, 1.165) is 22.1 Å². The first-order valence-electron chi connectivity index (χ1n) is 10.3. The van der Waals surface area contributed by atoms with Gasteiger partial charge < -0.3 is 10.1 Å². The SMILES string of the molecule is CCOC(=O)c1nn(-c2ccccc2F)c(=O)c2c(NC(=O)c3cccc([N+](=O)[O-])c3C)scc12. The van der Waals surface area contributed by atoms with E-state index in [0.29, 0.717) is 0 Å². The zero-order valence-corrected chi connectivity index (χ0v) is 19.2. The van der Waals surface area contributed by atoms with Gasteiger partial charge >= 0.3 is 5.97 Å². The number of aromatic nitrogens is 2. The highest BCUT2D eigenvalue weighted by atomic mass is 32.1. The molecule has 1 amide bonds. The van der Waals surface area contributed by atoms with E-state index >= 15 is 0 Å². The normalized spacial score (nSPS) is 10.8. The first kappa shape index (κ1) is 23.7. The third-order valence-corrected chi connectivity index (χ3v) is 6.07. The average Bonchev–Trinajstić information content (AvgIpc) is 3.24. The van der Waals surface area contributed by atoms with E-state index in [4.69, 9.17) is 4.74 Å². The number of carbonyl (C=O) groups excluding carboxylic acids is 2. The van der Waals surface area contributed by atoms with Crippen LogP contribution < -0.4 is 10.9 Å².